The third-order valence-electron chi connectivity index (χ3n) is 5.25. The van der Waals surface area contributed by atoms with E-state index in [0.717, 1.165) is 0 Å². The lowest BCUT2D eigenvalue weighted by Gasteiger charge is -2.22. The zero-order valence-corrected chi connectivity index (χ0v) is 18.0. The molecule has 0 spiro atoms. The molecule has 0 saturated carbocycles. The van der Waals surface area contributed by atoms with Crippen molar-refractivity contribution < 1.29 is 34.9 Å². The highest BCUT2D eigenvalue weighted by atomic mass is 16.6. The zero-order valence-electron chi connectivity index (χ0n) is 18.0. The summed E-state index contributed by atoms with van der Waals surface area (Å²) in [6.45, 7) is 1.67. The monoisotopic (exact) mass is 449 g/mol. The van der Waals surface area contributed by atoms with Crippen LogP contribution in [0.3, 0.4) is 0 Å². The van der Waals surface area contributed by atoms with Gasteiger partial charge in [0.1, 0.15) is 19.3 Å². The minimum atomic E-state index is -1.13. The second-order valence-electron chi connectivity index (χ2n) is 7.33. The van der Waals surface area contributed by atoms with E-state index in [-0.39, 0.29) is 11.1 Å². The third-order valence-corrected chi connectivity index (χ3v) is 5.25. The summed E-state index contributed by atoms with van der Waals surface area (Å²) >= 11 is 0. The molecule has 2 unspecified atom stereocenters. The quantitative estimate of drug-likeness (QED) is 0.304. The molecular weight excluding hydrogens is 426 g/mol. The van der Waals surface area contributed by atoms with E-state index in [0.29, 0.717) is 33.5 Å². The largest absolute Gasteiger partial charge is 0.478 e. The van der Waals surface area contributed by atoms with Crippen molar-refractivity contribution in [1.82, 2.24) is 0 Å². The van der Waals surface area contributed by atoms with Crippen LogP contribution in [-0.2, 0) is 4.84 Å². The summed E-state index contributed by atoms with van der Waals surface area (Å²) < 4.78 is 0. The van der Waals surface area contributed by atoms with E-state index in [1.54, 1.807) is 25.1 Å². The Bertz CT molecular complexity index is 1100. The fraction of sp³-hybridized carbons (Fsp3) is 0.160. The average molecular weight is 449 g/mol. The topological polar surface area (TPSA) is 137 Å². The maximum atomic E-state index is 11.1. The second kappa shape index (κ2) is 10.1. The molecule has 0 bridgehead atoms. The molecule has 3 aromatic carbocycles. The molecule has 0 aromatic heterocycles. The first-order valence-corrected chi connectivity index (χ1v) is 9.98. The first-order valence-electron chi connectivity index (χ1n) is 9.98. The van der Waals surface area contributed by atoms with Gasteiger partial charge in [0.2, 0.25) is 0 Å². The predicted octanol–water partition coefficient (Wildman–Crippen LogP) is 3.62. The molecule has 0 aliphatic carbocycles. The van der Waals surface area contributed by atoms with Gasteiger partial charge in [-0.15, -0.1) is 0 Å². The van der Waals surface area contributed by atoms with Crippen molar-refractivity contribution in [1.29, 1.82) is 0 Å². The molecule has 0 aliphatic rings. The molecular formula is C25H23NO7. The number of rotatable bonds is 8. The number of hydrogen-bond acceptors (Lipinski definition) is 6. The first-order chi connectivity index (χ1) is 15.7. The highest BCUT2D eigenvalue weighted by Crippen LogP contribution is 2.33. The number of benzene rings is 3. The van der Waals surface area contributed by atoms with Gasteiger partial charge < -0.3 is 25.3 Å². The Hall–Kier alpha value is -4.01. The van der Waals surface area contributed by atoms with Crippen molar-refractivity contribution in [3.05, 3.63) is 106 Å². The Kier molecular flexibility index (Phi) is 7.22. The first kappa shape index (κ1) is 23.6. The maximum Gasteiger partial charge on any atom is 0.335 e. The van der Waals surface area contributed by atoms with Gasteiger partial charge in [-0.3, -0.25) is 0 Å². The summed E-state index contributed by atoms with van der Waals surface area (Å²) in [5.41, 5.74) is 2.86. The third kappa shape index (κ3) is 5.08. The predicted molar refractivity (Wildman–Crippen MR) is 121 cm³/mol. The van der Waals surface area contributed by atoms with E-state index in [4.69, 9.17) is 15.1 Å². The Morgan fingerprint density at radius 1 is 0.758 bits per heavy atom. The van der Waals surface area contributed by atoms with Crippen molar-refractivity contribution >= 4 is 17.7 Å². The van der Waals surface area contributed by atoms with Crippen LogP contribution in [0.4, 0.5) is 0 Å². The number of aliphatic hydroxyl groups excluding tert-OH is 2. The standard InChI is InChI=1S/C25H23NO7/c1-14(26-33-2)21-19(22(27)15-6-10-17(11-7-15)24(29)30)4-3-5-20(21)23(28)16-8-12-18(13-9-16)25(31)32/h3-13,22-23,27-28H,1-2H3,(H,29,30)(H,31,32)/b26-14+. The van der Waals surface area contributed by atoms with E-state index in [1.165, 1.54) is 55.6 Å². The van der Waals surface area contributed by atoms with E-state index in [2.05, 4.69) is 5.16 Å². The Labute approximate surface area is 190 Å². The Morgan fingerprint density at radius 2 is 1.15 bits per heavy atom. The molecule has 8 heteroatoms. The number of aromatic carboxylic acids is 2. The van der Waals surface area contributed by atoms with Gasteiger partial charge >= 0.3 is 11.9 Å². The summed E-state index contributed by atoms with van der Waals surface area (Å²) in [7, 11) is 1.38. The van der Waals surface area contributed by atoms with Gasteiger partial charge in [-0.05, 0) is 53.4 Å². The van der Waals surface area contributed by atoms with Gasteiger partial charge in [0.05, 0.1) is 16.8 Å². The molecule has 0 heterocycles. The highest BCUT2D eigenvalue weighted by molar-refractivity contribution is 6.01. The minimum absolute atomic E-state index is 0.0947. The van der Waals surface area contributed by atoms with Crippen LogP contribution in [0.15, 0.2) is 71.9 Å². The van der Waals surface area contributed by atoms with E-state index in [1.807, 2.05) is 0 Å². The lowest BCUT2D eigenvalue weighted by atomic mass is 9.87. The minimum Gasteiger partial charge on any atom is -0.478 e. The summed E-state index contributed by atoms with van der Waals surface area (Å²) in [5.74, 6) is -2.14. The number of nitrogens with zero attached hydrogens (tertiary/aromatic N) is 1. The molecule has 8 nitrogen and oxygen atoms in total. The number of aliphatic hydroxyl groups is 2. The molecule has 3 rings (SSSR count). The molecule has 0 amide bonds. The SMILES string of the molecule is CO/N=C(\C)c1c(C(O)c2ccc(C(=O)O)cc2)cccc1C(O)c1ccc(C(=O)O)cc1. The van der Waals surface area contributed by atoms with E-state index >= 15 is 0 Å². The van der Waals surface area contributed by atoms with Gasteiger partial charge in [-0.1, -0.05) is 47.6 Å². The number of carbonyl (C=O) groups is 2. The average Bonchev–Trinajstić information content (AvgIpc) is 2.82. The Balaban J connectivity index is 2.10. The fourth-order valence-electron chi connectivity index (χ4n) is 3.62. The van der Waals surface area contributed by atoms with Crippen molar-refractivity contribution in [3.63, 3.8) is 0 Å². The normalized spacial score (nSPS) is 13.3. The summed E-state index contributed by atoms with van der Waals surface area (Å²) in [6.07, 6.45) is -2.27. The Morgan fingerprint density at radius 3 is 1.48 bits per heavy atom. The van der Waals surface area contributed by atoms with Crippen molar-refractivity contribution in [2.45, 2.75) is 19.1 Å². The maximum absolute atomic E-state index is 11.1. The number of oxime groups is 1. The number of hydrogen-bond donors (Lipinski definition) is 4. The van der Waals surface area contributed by atoms with Gasteiger partial charge in [-0.2, -0.15) is 0 Å². The lowest BCUT2D eigenvalue weighted by molar-refractivity contribution is 0.0686. The number of carboxylic acids is 2. The zero-order chi connectivity index (χ0) is 24.1. The molecule has 4 N–H and O–H groups in total. The summed E-state index contributed by atoms with van der Waals surface area (Å²) in [5, 5.41) is 44.4. The van der Waals surface area contributed by atoms with Crippen LogP contribution in [-0.4, -0.2) is 45.2 Å². The smallest absolute Gasteiger partial charge is 0.335 e. The molecule has 0 saturated heterocycles. The van der Waals surface area contributed by atoms with Crippen LogP contribution in [0.25, 0.3) is 0 Å². The van der Waals surface area contributed by atoms with Crippen LogP contribution in [0, 0.1) is 0 Å². The molecule has 0 fully saturated rings. The van der Waals surface area contributed by atoms with Gasteiger partial charge in [0.15, 0.2) is 0 Å². The van der Waals surface area contributed by atoms with Crippen LogP contribution in [0.5, 0.6) is 0 Å². The van der Waals surface area contributed by atoms with Crippen molar-refractivity contribution in [3.8, 4) is 0 Å². The highest BCUT2D eigenvalue weighted by Gasteiger charge is 2.24. The van der Waals surface area contributed by atoms with Crippen LogP contribution in [0.2, 0.25) is 0 Å². The van der Waals surface area contributed by atoms with Crippen molar-refractivity contribution in [2.75, 3.05) is 7.11 Å². The van der Waals surface area contributed by atoms with Crippen LogP contribution >= 0.6 is 0 Å². The second-order valence-corrected chi connectivity index (χ2v) is 7.33. The van der Waals surface area contributed by atoms with Gasteiger partial charge in [0, 0.05) is 5.56 Å². The van der Waals surface area contributed by atoms with Crippen molar-refractivity contribution in [2.24, 2.45) is 5.16 Å². The van der Waals surface area contributed by atoms with E-state index in [9.17, 15) is 19.8 Å². The molecule has 3 aromatic rings. The molecule has 33 heavy (non-hydrogen) atoms. The van der Waals surface area contributed by atoms with E-state index < -0.39 is 24.1 Å². The lowest BCUT2D eigenvalue weighted by Crippen LogP contribution is -2.14. The molecule has 0 aliphatic heterocycles. The molecule has 170 valence electrons. The number of carboxylic acid groups (broad SMARTS) is 2. The molecule has 0 radical (unpaired) electrons. The van der Waals surface area contributed by atoms with Crippen LogP contribution < -0.4 is 0 Å². The van der Waals surface area contributed by atoms with Gasteiger partial charge in [-0.25, -0.2) is 9.59 Å². The van der Waals surface area contributed by atoms with Crippen LogP contribution in [0.1, 0.15) is 67.7 Å². The van der Waals surface area contributed by atoms with Gasteiger partial charge in [0.25, 0.3) is 0 Å². The summed E-state index contributed by atoms with van der Waals surface area (Å²) in [6, 6.07) is 16.7. The molecule has 2 atom stereocenters. The fourth-order valence-corrected chi connectivity index (χ4v) is 3.62. The summed E-state index contributed by atoms with van der Waals surface area (Å²) in [4.78, 5) is 27.2.